The normalized spacial score (nSPS) is 26.5. The average molecular weight is 199 g/mol. The Balaban J connectivity index is 2.58. The van der Waals surface area contributed by atoms with Crippen molar-refractivity contribution in [3.8, 4) is 0 Å². The number of carbonyl (C=O) groups excluding carboxylic acids is 1. The topological polar surface area (TPSA) is 66.4 Å². The maximum atomic E-state index is 11.6. The fourth-order valence-corrected chi connectivity index (χ4v) is 1.96. The monoisotopic (exact) mass is 199 g/mol. The molecule has 14 heavy (non-hydrogen) atoms. The van der Waals surface area contributed by atoms with E-state index in [1.54, 1.807) is 0 Å². The molecule has 4 nitrogen and oxygen atoms in total. The zero-order chi connectivity index (χ0) is 10.7. The van der Waals surface area contributed by atoms with Crippen molar-refractivity contribution >= 4 is 11.9 Å². The fourth-order valence-electron chi connectivity index (χ4n) is 1.96. The molecule has 0 aromatic rings. The van der Waals surface area contributed by atoms with Crippen molar-refractivity contribution in [3.05, 3.63) is 0 Å². The van der Waals surface area contributed by atoms with Gasteiger partial charge in [0, 0.05) is 6.04 Å². The van der Waals surface area contributed by atoms with E-state index in [1.165, 1.54) is 0 Å². The van der Waals surface area contributed by atoms with E-state index in [4.69, 9.17) is 5.11 Å². The van der Waals surface area contributed by atoms with Gasteiger partial charge in [0.1, 0.15) is 0 Å². The van der Waals surface area contributed by atoms with Gasteiger partial charge in [0.05, 0.1) is 11.8 Å². The Morgan fingerprint density at radius 1 is 1.29 bits per heavy atom. The van der Waals surface area contributed by atoms with E-state index in [1.807, 2.05) is 13.8 Å². The summed E-state index contributed by atoms with van der Waals surface area (Å²) in [5.74, 6) is -1.75. The van der Waals surface area contributed by atoms with Crippen LogP contribution in [0.1, 0.15) is 33.1 Å². The van der Waals surface area contributed by atoms with Gasteiger partial charge in [0.15, 0.2) is 0 Å². The fraction of sp³-hybridized carbons (Fsp3) is 0.800. The second-order valence-electron chi connectivity index (χ2n) is 4.15. The Bertz CT molecular complexity index is 238. The summed E-state index contributed by atoms with van der Waals surface area (Å²) in [5.41, 5.74) is 0. The zero-order valence-electron chi connectivity index (χ0n) is 8.62. The Morgan fingerprint density at radius 3 is 2.36 bits per heavy atom. The third-order valence-corrected chi connectivity index (χ3v) is 2.60. The van der Waals surface area contributed by atoms with Crippen LogP contribution < -0.4 is 5.32 Å². The Labute approximate surface area is 83.7 Å². The standard InChI is InChI=1S/C10H17NO3/c1-6(2)11-9(12)7-4-3-5-8(7)10(13)14/h6-8H,3-5H2,1-2H3,(H,11,12)(H,13,14). The highest BCUT2D eigenvalue weighted by molar-refractivity contribution is 5.85. The highest BCUT2D eigenvalue weighted by Crippen LogP contribution is 2.32. The molecule has 1 rings (SSSR count). The predicted octanol–water partition coefficient (Wildman–Crippen LogP) is 1.01. The quantitative estimate of drug-likeness (QED) is 0.713. The summed E-state index contributed by atoms with van der Waals surface area (Å²) >= 11 is 0. The molecule has 0 aromatic heterocycles. The number of carboxylic acids is 1. The van der Waals surface area contributed by atoms with Crippen LogP contribution in [0, 0.1) is 11.8 Å². The second kappa shape index (κ2) is 4.44. The molecule has 0 bridgehead atoms. The molecule has 0 radical (unpaired) electrons. The van der Waals surface area contributed by atoms with Gasteiger partial charge in [-0.15, -0.1) is 0 Å². The van der Waals surface area contributed by atoms with E-state index in [-0.39, 0.29) is 17.9 Å². The van der Waals surface area contributed by atoms with E-state index in [0.717, 1.165) is 6.42 Å². The van der Waals surface area contributed by atoms with Crippen LogP contribution in [0.25, 0.3) is 0 Å². The lowest BCUT2D eigenvalue weighted by Crippen LogP contribution is -2.38. The minimum atomic E-state index is -0.841. The molecule has 1 aliphatic rings. The van der Waals surface area contributed by atoms with Crippen LogP contribution in [0.4, 0.5) is 0 Å². The summed E-state index contributed by atoms with van der Waals surface area (Å²) in [6, 6.07) is 0.0811. The van der Waals surface area contributed by atoms with Crippen LogP contribution in [0.3, 0.4) is 0 Å². The van der Waals surface area contributed by atoms with Crippen LogP contribution in [-0.2, 0) is 9.59 Å². The lowest BCUT2D eigenvalue weighted by atomic mass is 9.95. The lowest BCUT2D eigenvalue weighted by molar-refractivity contribution is -0.146. The summed E-state index contributed by atoms with van der Waals surface area (Å²) in [5, 5.41) is 11.7. The molecule has 80 valence electrons. The Kier molecular flexibility index (Phi) is 3.49. The van der Waals surface area contributed by atoms with Crippen LogP contribution in [0.5, 0.6) is 0 Å². The van der Waals surface area contributed by atoms with Gasteiger partial charge in [0.25, 0.3) is 0 Å². The van der Waals surface area contributed by atoms with Crippen LogP contribution in [0.2, 0.25) is 0 Å². The highest BCUT2D eigenvalue weighted by Gasteiger charge is 2.37. The first-order valence-corrected chi connectivity index (χ1v) is 5.05. The SMILES string of the molecule is CC(C)NC(=O)C1CCCC1C(=O)O. The highest BCUT2D eigenvalue weighted by atomic mass is 16.4. The molecule has 4 heteroatoms. The molecular formula is C10H17NO3. The molecule has 1 fully saturated rings. The molecule has 1 saturated carbocycles. The lowest BCUT2D eigenvalue weighted by Gasteiger charge is -2.17. The summed E-state index contributed by atoms with van der Waals surface area (Å²) in [4.78, 5) is 22.4. The maximum Gasteiger partial charge on any atom is 0.307 e. The van der Waals surface area contributed by atoms with Gasteiger partial charge in [0.2, 0.25) is 5.91 Å². The second-order valence-corrected chi connectivity index (χ2v) is 4.15. The maximum absolute atomic E-state index is 11.6. The molecule has 2 atom stereocenters. The Morgan fingerprint density at radius 2 is 1.86 bits per heavy atom. The molecule has 2 N–H and O–H groups in total. The smallest absolute Gasteiger partial charge is 0.307 e. The molecule has 0 aromatic carbocycles. The molecule has 0 spiro atoms. The van der Waals surface area contributed by atoms with Gasteiger partial charge >= 0.3 is 5.97 Å². The van der Waals surface area contributed by atoms with Crippen molar-refractivity contribution in [1.29, 1.82) is 0 Å². The number of aliphatic carboxylic acids is 1. The number of carboxylic acid groups (broad SMARTS) is 1. The van der Waals surface area contributed by atoms with Crippen molar-refractivity contribution < 1.29 is 14.7 Å². The summed E-state index contributed by atoms with van der Waals surface area (Å²) in [6.07, 6.45) is 2.17. The molecule has 1 amide bonds. The number of rotatable bonds is 3. The largest absolute Gasteiger partial charge is 0.481 e. The first-order valence-electron chi connectivity index (χ1n) is 5.05. The van der Waals surface area contributed by atoms with Crippen LogP contribution >= 0.6 is 0 Å². The van der Waals surface area contributed by atoms with Crippen molar-refractivity contribution in [2.75, 3.05) is 0 Å². The molecular weight excluding hydrogens is 182 g/mol. The van der Waals surface area contributed by atoms with E-state index >= 15 is 0 Å². The summed E-state index contributed by atoms with van der Waals surface area (Å²) in [7, 11) is 0. The molecule has 0 aliphatic heterocycles. The van der Waals surface area contributed by atoms with Gasteiger partial charge in [-0.25, -0.2) is 0 Å². The van der Waals surface area contributed by atoms with E-state index in [0.29, 0.717) is 12.8 Å². The van der Waals surface area contributed by atoms with Gasteiger partial charge in [-0.3, -0.25) is 9.59 Å². The number of hydrogen-bond acceptors (Lipinski definition) is 2. The van der Waals surface area contributed by atoms with E-state index in [9.17, 15) is 9.59 Å². The number of carbonyl (C=O) groups is 2. The number of nitrogens with one attached hydrogen (secondary N) is 1. The average Bonchev–Trinajstić information content (AvgIpc) is 2.49. The molecule has 0 heterocycles. The molecule has 2 unspecified atom stereocenters. The third kappa shape index (κ3) is 2.47. The van der Waals surface area contributed by atoms with Crippen molar-refractivity contribution in [2.45, 2.75) is 39.2 Å². The minimum absolute atomic E-state index is 0.0811. The number of amides is 1. The Hall–Kier alpha value is -1.06. The van der Waals surface area contributed by atoms with Gasteiger partial charge in [-0.1, -0.05) is 6.42 Å². The van der Waals surface area contributed by atoms with Gasteiger partial charge < -0.3 is 10.4 Å². The van der Waals surface area contributed by atoms with Crippen molar-refractivity contribution in [3.63, 3.8) is 0 Å². The van der Waals surface area contributed by atoms with Gasteiger partial charge in [-0.2, -0.15) is 0 Å². The first-order chi connectivity index (χ1) is 6.52. The predicted molar refractivity (Wildman–Crippen MR) is 51.7 cm³/mol. The molecule has 1 aliphatic carbocycles. The van der Waals surface area contributed by atoms with Crippen molar-refractivity contribution in [2.24, 2.45) is 11.8 Å². The van der Waals surface area contributed by atoms with E-state index in [2.05, 4.69) is 5.32 Å². The van der Waals surface area contributed by atoms with E-state index < -0.39 is 11.9 Å². The summed E-state index contributed by atoms with van der Waals surface area (Å²) in [6.45, 7) is 3.76. The third-order valence-electron chi connectivity index (χ3n) is 2.60. The summed E-state index contributed by atoms with van der Waals surface area (Å²) < 4.78 is 0. The van der Waals surface area contributed by atoms with Crippen LogP contribution in [-0.4, -0.2) is 23.0 Å². The minimum Gasteiger partial charge on any atom is -0.481 e. The van der Waals surface area contributed by atoms with Crippen LogP contribution in [0.15, 0.2) is 0 Å². The number of hydrogen-bond donors (Lipinski definition) is 2. The molecule has 0 saturated heterocycles. The first kappa shape index (κ1) is 11.0. The van der Waals surface area contributed by atoms with Gasteiger partial charge in [-0.05, 0) is 26.7 Å². The van der Waals surface area contributed by atoms with Crippen molar-refractivity contribution in [1.82, 2.24) is 5.32 Å². The zero-order valence-corrected chi connectivity index (χ0v) is 8.62.